The minimum Gasteiger partial charge on any atom is -0.481 e. The van der Waals surface area contributed by atoms with E-state index in [1.807, 2.05) is 30.3 Å². The molecule has 1 fully saturated rings. The fourth-order valence-corrected chi connectivity index (χ4v) is 2.51. The molecule has 1 aliphatic rings. The minimum atomic E-state index is -1.13. The van der Waals surface area contributed by atoms with Crippen molar-refractivity contribution in [3.05, 3.63) is 35.9 Å². The number of amides is 1. The first-order chi connectivity index (χ1) is 10.6. The number of Topliss-reactive ketones (excluding diaryl/α,β-unsaturated/α-hetero) is 1. The second kappa shape index (κ2) is 7.59. The molecule has 0 unspecified atom stereocenters. The Kier molecular flexibility index (Phi) is 5.52. The number of benzene rings is 1. The monoisotopic (exact) mass is 305 g/mol. The summed E-state index contributed by atoms with van der Waals surface area (Å²) in [6, 6.07) is 9.34. The number of hydrogen-bond acceptors (Lipinski definition) is 4. The molecule has 2 rings (SSSR count). The van der Waals surface area contributed by atoms with E-state index >= 15 is 0 Å². The lowest BCUT2D eigenvalue weighted by Gasteiger charge is -2.31. The molecular formula is C16H19NO5. The molecule has 1 N–H and O–H groups in total. The number of carboxylic acids is 1. The van der Waals surface area contributed by atoms with Gasteiger partial charge in [0, 0.05) is 19.0 Å². The molecule has 1 aromatic carbocycles. The van der Waals surface area contributed by atoms with Crippen LogP contribution >= 0.6 is 0 Å². The van der Waals surface area contributed by atoms with Gasteiger partial charge in [-0.15, -0.1) is 0 Å². The predicted molar refractivity (Wildman–Crippen MR) is 78.2 cm³/mol. The number of hydrogen-bond donors (Lipinski definition) is 1. The van der Waals surface area contributed by atoms with E-state index in [1.54, 1.807) is 0 Å². The highest BCUT2D eigenvalue weighted by Crippen LogP contribution is 2.19. The average molecular weight is 305 g/mol. The summed E-state index contributed by atoms with van der Waals surface area (Å²) in [5.74, 6) is -1.86. The summed E-state index contributed by atoms with van der Waals surface area (Å²) in [5, 5.41) is 8.67. The summed E-state index contributed by atoms with van der Waals surface area (Å²) >= 11 is 0. The third-order valence-electron chi connectivity index (χ3n) is 3.67. The first-order valence-electron chi connectivity index (χ1n) is 7.26. The largest absolute Gasteiger partial charge is 0.481 e. The molecule has 6 nitrogen and oxygen atoms in total. The number of ketones is 1. The maximum atomic E-state index is 12.0. The van der Waals surface area contributed by atoms with Gasteiger partial charge in [0.05, 0.1) is 0 Å². The van der Waals surface area contributed by atoms with Crippen molar-refractivity contribution in [2.24, 2.45) is 5.92 Å². The number of carbonyl (C=O) groups is 3. The average Bonchev–Trinajstić information content (AvgIpc) is 2.53. The Bertz CT molecular complexity index is 543. The van der Waals surface area contributed by atoms with Gasteiger partial charge < -0.3 is 14.7 Å². The van der Waals surface area contributed by atoms with E-state index in [2.05, 4.69) is 0 Å². The number of likely N-dealkylation sites (tertiary alicyclic amines) is 1. The summed E-state index contributed by atoms with van der Waals surface area (Å²) in [5.41, 5.74) is 0.895. The van der Waals surface area contributed by atoms with Gasteiger partial charge in [0.15, 0.2) is 0 Å². The third kappa shape index (κ3) is 4.58. The van der Waals surface area contributed by atoms with Crippen molar-refractivity contribution in [3.8, 4) is 0 Å². The first kappa shape index (κ1) is 16.0. The van der Waals surface area contributed by atoms with Crippen molar-refractivity contribution in [2.45, 2.75) is 25.9 Å². The quantitative estimate of drug-likeness (QED) is 0.842. The van der Waals surface area contributed by atoms with Gasteiger partial charge in [-0.05, 0) is 18.4 Å². The van der Waals surface area contributed by atoms with Crippen LogP contribution in [-0.2, 0) is 20.9 Å². The van der Waals surface area contributed by atoms with E-state index in [0.29, 0.717) is 19.4 Å². The van der Waals surface area contributed by atoms with Crippen molar-refractivity contribution in [2.75, 3.05) is 13.1 Å². The van der Waals surface area contributed by atoms with Gasteiger partial charge in [-0.2, -0.15) is 0 Å². The molecule has 1 heterocycles. The van der Waals surface area contributed by atoms with Crippen molar-refractivity contribution < 1.29 is 24.2 Å². The molecule has 1 atom stereocenters. The number of carbonyl (C=O) groups excluding carboxylic acids is 2. The molecule has 6 heteroatoms. The summed E-state index contributed by atoms with van der Waals surface area (Å²) < 4.78 is 5.24. The van der Waals surface area contributed by atoms with Crippen LogP contribution in [0.4, 0.5) is 4.79 Å². The lowest BCUT2D eigenvalue weighted by molar-refractivity contribution is -0.141. The Morgan fingerprint density at radius 1 is 1.23 bits per heavy atom. The first-order valence-corrected chi connectivity index (χ1v) is 7.26. The van der Waals surface area contributed by atoms with Crippen LogP contribution in [0, 0.1) is 5.92 Å². The Labute approximate surface area is 128 Å². The van der Waals surface area contributed by atoms with Crippen LogP contribution in [0.5, 0.6) is 0 Å². The summed E-state index contributed by atoms with van der Waals surface area (Å²) in [6.45, 7) is 0.953. The van der Waals surface area contributed by atoms with Crippen LogP contribution in [0.1, 0.15) is 24.8 Å². The van der Waals surface area contributed by atoms with E-state index in [1.165, 1.54) is 4.90 Å². The normalized spacial score (nSPS) is 17.8. The Balaban J connectivity index is 1.84. The molecular weight excluding hydrogens is 286 g/mol. The molecule has 0 spiro atoms. The zero-order valence-electron chi connectivity index (χ0n) is 12.2. The van der Waals surface area contributed by atoms with Crippen LogP contribution in [0.25, 0.3) is 0 Å². The maximum absolute atomic E-state index is 12.0. The van der Waals surface area contributed by atoms with Gasteiger partial charge in [0.25, 0.3) is 0 Å². The number of rotatable bonds is 5. The standard InChI is InChI=1S/C16H19NO5/c18-14(9-15(19)20)13-7-4-8-17(10-13)16(21)22-11-12-5-2-1-3-6-12/h1-3,5-6,13H,4,7-11H2,(H,19,20)/t13-/m1/s1. The van der Waals surface area contributed by atoms with Crippen molar-refractivity contribution >= 4 is 17.8 Å². The van der Waals surface area contributed by atoms with Crippen molar-refractivity contribution in [1.29, 1.82) is 0 Å². The van der Waals surface area contributed by atoms with Crippen LogP contribution in [-0.4, -0.2) is 40.9 Å². The van der Waals surface area contributed by atoms with E-state index in [9.17, 15) is 14.4 Å². The number of aliphatic carboxylic acids is 1. The summed E-state index contributed by atoms with van der Waals surface area (Å²) in [7, 11) is 0. The molecule has 1 aliphatic heterocycles. The van der Waals surface area contributed by atoms with Gasteiger partial charge in [0.1, 0.15) is 18.8 Å². The number of nitrogens with zero attached hydrogens (tertiary/aromatic N) is 1. The number of ether oxygens (including phenoxy) is 1. The fourth-order valence-electron chi connectivity index (χ4n) is 2.51. The summed E-state index contributed by atoms with van der Waals surface area (Å²) in [6.07, 6.45) is 0.347. The molecule has 1 amide bonds. The molecule has 1 saturated heterocycles. The highest BCUT2D eigenvalue weighted by Gasteiger charge is 2.29. The molecule has 0 bridgehead atoms. The van der Waals surface area contributed by atoms with Crippen LogP contribution < -0.4 is 0 Å². The zero-order valence-corrected chi connectivity index (χ0v) is 12.2. The Hall–Kier alpha value is -2.37. The molecule has 0 radical (unpaired) electrons. The Morgan fingerprint density at radius 2 is 1.95 bits per heavy atom. The van der Waals surface area contributed by atoms with E-state index in [-0.39, 0.29) is 18.9 Å². The fraction of sp³-hybridized carbons (Fsp3) is 0.438. The smallest absolute Gasteiger partial charge is 0.410 e. The zero-order chi connectivity index (χ0) is 15.9. The molecule has 0 aliphatic carbocycles. The van der Waals surface area contributed by atoms with Gasteiger partial charge in [-0.1, -0.05) is 30.3 Å². The summed E-state index contributed by atoms with van der Waals surface area (Å²) in [4.78, 5) is 35.9. The van der Waals surface area contributed by atoms with E-state index in [0.717, 1.165) is 5.56 Å². The van der Waals surface area contributed by atoms with Crippen LogP contribution in [0.3, 0.4) is 0 Å². The Morgan fingerprint density at radius 3 is 2.64 bits per heavy atom. The lowest BCUT2D eigenvalue weighted by Crippen LogP contribution is -2.42. The minimum absolute atomic E-state index is 0.184. The van der Waals surface area contributed by atoms with Gasteiger partial charge in [0.2, 0.25) is 0 Å². The number of piperidine rings is 1. The molecule has 1 aromatic rings. The molecule has 22 heavy (non-hydrogen) atoms. The second-order valence-corrected chi connectivity index (χ2v) is 5.36. The topological polar surface area (TPSA) is 83.9 Å². The van der Waals surface area contributed by atoms with Crippen LogP contribution in [0.15, 0.2) is 30.3 Å². The molecule has 0 saturated carbocycles. The molecule has 118 valence electrons. The SMILES string of the molecule is O=C(O)CC(=O)[C@@H]1CCCN(C(=O)OCc2ccccc2)C1. The highest BCUT2D eigenvalue weighted by atomic mass is 16.6. The second-order valence-electron chi connectivity index (χ2n) is 5.36. The predicted octanol–water partition coefficient (Wildman–Crippen LogP) is 2.08. The molecule has 0 aromatic heterocycles. The van der Waals surface area contributed by atoms with Gasteiger partial charge in [-0.3, -0.25) is 9.59 Å². The van der Waals surface area contributed by atoms with Gasteiger partial charge >= 0.3 is 12.1 Å². The van der Waals surface area contributed by atoms with Gasteiger partial charge in [-0.25, -0.2) is 4.79 Å². The van der Waals surface area contributed by atoms with Crippen LogP contribution in [0.2, 0.25) is 0 Å². The number of carboxylic acid groups (broad SMARTS) is 1. The highest BCUT2D eigenvalue weighted by molar-refractivity contribution is 5.96. The lowest BCUT2D eigenvalue weighted by atomic mass is 9.92. The van der Waals surface area contributed by atoms with E-state index in [4.69, 9.17) is 9.84 Å². The maximum Gasteiger partial charge on any atom is 0.410 e. The van der Waals surface area contributed by atoms with Crippen molar-refractivity contribution in [1.82, 2.24) is 4.90 Å². The van der Waals surface area contributed by atoms with Crippen molar-refractivity contribution in [3.63, 3.8) is 0 Å². The van der Waals surface area contributed by atoms with E-state index < -0.39 is 24.4 Å². The third-order valence-corrected chi connectivity index (χ3v) is 3.67.